The van der Waals surface area contributed by atoms with Crippen molar-refractivity contribution in [3.8, 4) is 5.75 Å². The Morgan fingerprint density at radius 1 is 1.57 bits per heavy atom. The van der Waals surface area contributed by atoms with E-state index in [1.165, 1.54) is 11.8 Å². The Hall–Kier alpha value is -1.78. The third-order valence-corrected chi connectivity index (χ3v) is 2.04. The average Bonchev–Trinajstić information content (AvgIpc) is 2.47. The predicted octanol–water partition coefficient (Wildman–Crippen LogP) is 1.30. The van der Waals surface area contributed by atoms with E-state index in [1.807, 2.05) is 0 Å². The normalized spacial score (nSPS) is 10.8. The Bertz CT molecular complexity index is 492. The maximum atomic E-state index is 13.7. The molecule has 1 aromatic carbocycles. The van der Waals surface area contributed by atoms with Gasteiger partial charge in [-0.05, 0) is 6.07 Å². The number of halogens is 1. The van der Waals surface area contributed by atoms with Crippen molar-refractivity contribution >= 4 is 16.6 Å². The summed E-state index contributed by atoms with van der Waals surface area (Å²) < 4.78 is 20.0. The van der Waals surface area contributed by atoms with Gasteiger partial charge < -0.3 is 10.5 Å². The van der Waals surface area contributed by atoms with Crippen LogP contribution in [0.15, 0.2) is 12.3 Å². The van der Waals surface area contributed by atoms with Crippen LogP contribution in [0.25, 0.3) is 10.9 Å². The second-order valence-corrected chi connectivity index (χ2v) is 3.05. The van der Waals surface area contributed by atoms with Crippen molar-refractivity contribution in [3.63, 3.8) is 0 Å². The maximum Gasteiger partial charge on any atom is 0.195 e. The molecule has 1 heterocycles. The molecule has 0 aliphatic rings. The fraction of sp³-hybridized carbons (Fsp3) is 0.222. The number of nitrogens with two attached hydrogens (primary N) is 1. The first-order chi connectivity index (χ1) is 6.63. The van der Waals surface area contributed by atoms with E-state index in [2.05, 4.69) is 5.10 Å². The fourth-order valence-electron chi connectivity index (χ4n) is 1.46. The van der Waals surface area contributed by atoms with Crippen LogP contribution in [-0.2, 0) is 7.05 Å². The largest absolute Gasteiger partial charge is 0.492 e. The Balaban J connectivity index is 2.84. The number of hydrogen-bond acceptors (Lipinski definition) is 3. The highest BCUT2D eigenvalue weighted by Crippen LogP contribution is 2.31. The average molecular weight is 195 g/mol. The van der Waals surface area contributed by atoms with Gasteiger partial charge in [0.25, 0.3) is 0 Å². The zero-order valence-electron chi connectivity index (χ0n) is 7.91. The molecule has 4 nitrogen and oxygen atoms in total. The molecule has 0 amide bonds. The molecule has 0 aliphatic carbocycles. The summed E-state index contributed by atoms with van der Waals surface area (Å²) in [5.41, 5.74) is 6.16. The molecule has 2 N–H and O–H groups in total. The molecule has 0 aliphatic heterocycles. The lowest BCUT2D eigenvalue weighted by Crippen LogP contribution is -1.96. The Morgan fingerprint density at radius 2 is 2.29 bits per heavy atom. The highest BCUT2D eigenvalue weighted by molar-refractivity contribution is 5.85. The number of rotatable bonds is 1. The summed E-state index contributed by atoms with van der Waals surface area (Å²) in [5, 5.41) is 4.64. The van der Waals surface area contributed by atoms with Crippen LogP contribution < -0.4 is 10.5 Å². The Labute approximate surface area is 80.1 Å². The van der Waals surface area contributed by atoms with Crippen molar-refractivity contribution in [1.29, 1.82) is 0 Å². The zero-order valence-corrected chi connectivity index (χ0v) is 7.91. The summed E-state index contributed by atoms with van der Waals surface area (Å²) in [4.78, 5) is 0. The van der Waals surface area contributed by atoms with Crippen molar-refractivity contribution in [2.75, 3.05) is 12.8 Å². The topological polar surface area (TPSA) is 53.1 Å². The molecule has 0 fully saturated rings. The van der Waals surface area contributed by atoms with Gasteiger partial charge >= 0.3 is 0 Å². The minimum absolute atomic E-state index is 0.0520. The van der Waals surface area contributed by atoms with Crippen LogP contribution in [0.1, 0.15) is 0 Å². The summed E-state index contributed by atoms with van der Waals surface area (Å²) in [6, 6.07) is 1.64. The Morgan fingerprint density at radius 3 is 2.93 bits per heavy atom. The second kappa shape index (κ2) is 2.87. The molecule has 74 valence electrons. The monoisotopic (exact) mass is 195 g/mol. The molecular formula is C9H10FN3O. The lowest BCUT2D eigenvalue weighted by Gasteiger charge is -2.04. The number of benzene rings is 1. The van der Waals surface area contributed by atoms with E-state index in [1.54, 1.807) is 19.3 Å². The third kappa shape index (κ3) is 1.09. The number of ether oxygens (including phenoxy) is 1. The summed E-state index contributed by atoms with van der Waals surface area (Å²) in [6.07, 6.45) is 1.70. The number of anilines is 1. The van der Waals surface area contributed by atoms with E-state index in [9.17, 15) is 4.39 Å². The van der Waals surface area contributed by atoms with Crippen LogP contribution >= 0.6 is 0 Å². The van der Waals surface area contributed by atoms with Crippen LogP contribution in [0, 0.1) is 5.82 Å². The highest BCUT2D eigenvalue weighted by Gasteiger charge is 2.14. The first kappa shape index (κ1) is 8.80. The van der Waals surface area contributed by atoms with Crippen molar-refractivity contribution in [2.24, 2.45) is 7.05 Å². The van der Waals surface area contributed by atoms with Gasteiger partial charge in [-0.2, -0.15) is 5.10 Å². The summed E-state index contributed by atoms with van der Waals surface area (Å²) in [7, 11) is 3.10. The SMILES string of the molecule is COc1c(N)cc2cn(C)nc2c1F. The lowest BCUT2D eigenvalue weighted by atomic mass is 10.2. The summed E-state index contributed by atoms with van der Waals surface area (Å²) >= 11 is 0. The molecule has 2 aromatic rings. The maximum absolute atomic E-state index is 13.7. The number of fused-ring (bicyclic) bond motifs is 1. The quantitative estimate of drug-likeness (QED) is 0.698. The summed E-state index contributed by atoms with van der Waals surface area (Å²) in [6.45, 7) is 0. The zero-order chi connectivity index (χ0) is 10.3. The standard InChI is InChI=1S/C9H10FN3O/c1-13-4-5-3-6(11)9(14-2)7(10)8(5)12-13/h3-4H,11H2,1-2H3. The number of aromatic nitrogens is 2. The van der Waals surface area contributed by atoms with Gasteiger partial charge in [-0.15, -0.1) is 0 Å². The molecule has 0 bridgehead atoms. The molecular weight excluding hydrogens is 185 g/mol. The first-order valence-corrected chi connectivity index (χ1v) is 4.09. The van der Waals surface area contributed by atoms with Gasteiger partial charge in [-0.3, -0.25) is 4.68 Å². The molecule has 14 heavy (non-hydrogen) atoms. The van der Waals surface area contributed by atoms with Crippen molar-refractivity contribution in [2.45, 2.75) is 0 Å². The molecule has 0 radical (unpaired) electrons. The lowest BCUT2D eigenvalue weighted by molar-refractivity contribution is 0.391. The van der Waals surface area contributed by atoms with Gasteiger partial charge in [0.2, 0.25) is 0 Å². The van der Waals surface area contributed by atoms with Gasteiger partial charge in [-0.1, -0.05) is 0 Å². The number of hydrogen-bond donors (Lipinski definition) is 1. The molecule has 2 rings (SSSR count). The minimum Gasteiger partial charge on any atom is -0.492 e. The molecule has 5 heteroatoms. The first-order valence-electron chi connectivity index (χ1n) is 4.09. The summed E-state index contributed by atoms with van der Waals surface area (Å²) in [5.74, 6) is -0.459. The number of nitrogens with zero attached hydrogens (tertiary/aromatic N) is 2. The van der Waals surface area contributed by atoms with E-state index in [-0.39, 0.29) is 17.0 Å². The van der Waals surface area contributed by atoms with Gasteiger partial charge in [0, 0.05) is 18.6 Å². The van der Waals surface area contributed by atoms with Crippen molar-refractivity contribution in [3.05, 3.63) is 18.1 Å². The third-order valence-electron chi connectivity index (χ3n) is 2.04. The molecule has 1 aromatic heterocycles. The smallest absolute Gasteiger partial charge is 0.195 e. The van der Waals surface area contributed by atoms with Crippen LogP contribution in [0.3, 0.4) is 0 Å². The van der Waals surface area contributed by atoms with E-state index < -0.39 is 5.82 Å². The van der Waals surface area contributed by atoms with Gasteiger partial charge in [0.1, 0.15) is 5.52 Å². The van der Waals surface area contributed by atoms with Gasteiger partial charge in [0.05, 0.1) is 12.8 Å². The van der Waals surface area contributed by atoms with Crippen molar-refractivity contribution < 1.29 is 9.13 Å². The van der Waals surface area contributed by atoms with E-state index in [0.717, 1.165) is 0 Å². The van der Waals surface area contributed by atoms with Crippen LogP contribution in [0.5, 0.6) is 5.75 Å². The Kier molecular flexibility index (Phi) is 1.80. The number of nitrogen functional groups attached to an aromatic ring is 1. The predicted molar refractivity (Wildman–Crippen MR) is 51.6 cm³/mol. The molecule has 0 spiro atoms. The molecule has 0 saturated heterocycles. The molecule has 0 unspecified atom stereocenters. The molecule has 0 atom stereocenters. The van der Waals surface area contributed by atoms with Crippen LogP contribution in [-0.4, -0.2) is 16.9 Å². The number of methoxy groups -OCH3 is 1. The van der Waals surface area contributed by atoms with Crippen LogP contribution in [0.2, 0.25) is 0 Å². The minimum atomic E-state index is -0.511. The second-order valence-electron chi connectivity index (χ2n) is 3.05. The highest BCUT2D eigenvalue weighted by atomic mass is 19.1. The van der Waals surface area contributed by atoms with Gasteiger partial charge in [-0.25, -0.2) is 4.39 Å². The van der Waals surface area contributed by atoms with Crippen LogP contribution in [0.4, 0.5) is 10.1 Å². The van der Waals surface area contributed by atoms with E-state index in [4.69, 9.17) is 10.5 Å². The fourth-order valence-corrected chi connectivity index (χ4v) is 1.46. The molecule has 0 saturated carbocycles. The van der Waals surface area contributed by atoms with E-state index >= 15 is 0 Å². The van der Waals surface area contributed by atoms with Gasteiger partial charge in [0.15, 0.2) is 11.6 Å². The van der Waals surface area contributed by atoms with E-state index in [0.29, 0.717) is 5.39 Å². The number of aryl methyl sites for hydroxylation is 1. The van der Waals surface area contributed by atoms with Crippen molar-refractivity contribution in [1.82, 2.24) is 9.78 Å².